The van der Waals surface area contributed by atoms with Crippen molar-refractivity contribution in [3.63, 3.8) is 0 Å². The maximum absolute atomic E-state index is 12.4. The summed E-state index contributed by atoms with van der Waals surface area (Å²) in [6.07, 6.45) is 5.05. The van der Waals surface area contributed by atoms with E-state index in [0.717, 1.165) is 16.5 Å². The number of H-pyrrole nitrogens is 1. The molecule has 0 saturated carbocycles. The summed E-state index contributed by atoms with van der Waals surface area (Å²) in [4.78, 5) is 15.6. The molecule has 0 aliphatic rings. The average molecular weight is 307 g/mol. The lowest BCUT2D eigenvalue weighted by Gasteiger charge is -2.07. The Kier molecular flexibility index (Phi) is 4.15. The van der Waals surface area contributed by atoms with Gasteiger partial charge in [-0.05, 0) is 30.4 Å². The van der Waals surface area contributed by atoms with Crippen LogP contribution >= 0.6 is 0 Å². The van der Waals surface area contributed by atoms with Crippen molar-refractivity contribution in [2.75, 3.05) is 14.2 Å². The molecule has 1 aromatic heterocycles. The van der Waals surface area contributed by atoms with E-state index in [1.165, 1.54) is 0 Å². The quantitative estimate of drug-likeness (QED) is 0.571. The number of rotatable bonds is 5. The van der Waals surface area contributed by atoms with Gasteiger partial charge in [0.2, 0.25) is 0 Å². The minimum absolute atomic E-state index is 0.0553. The Labute approximate surface area is 134 Å². The summed E-state index contributed by atoms with van der Waals surface area (Å²) in [6, 6.07) is 13.2. The van der Waals surface area contributed by atoms with Gasteiger partial charge in [0, 0.05) is 34.3 Å². The summed E-state index contributed by atoms with van der Waals surface area (Å²) >= 11 is 0. The van der Waals surface area contributed by atoms with Crippen LogP contribution in [0.2, 0.25) is 0 Å². The van der Waals surface area contributed by atoms with Crippen LogP contribution < -0.4 is 9.47 Å². The first-order valence-corrected chi connectivity index (χ1v) is 7.23. The van der Waals surface area contributed by atoms with Gasteiger partial charge in [0.1, 0.15) is 11.5 Å². The van der Waals surface area contributed by atoms with E-state index in [0.29, 0.717) is 17.1 Å². The van der Waals surface area contributed by atoms with Gasteiger partial charge >= 0.3 is 0 Å². The summed E-state index contributed by atoms with van der Waals surface area (Å²) < 4.78 is 10.5. The molecule has 0 spiro atoms. The van der Waals surface area contributed by atoms with Crippen LogP contribution in [0, 0.1) is 0 Å². The predicted octanol–water partition coefficient (Wildman–Crippen LogP) is 4.08. The van der Waals surface area contributed by atoms with Gasteiger partial charge in [0.25, 0.3) is 0 Å². The van der Waals surface area contributed by atoms with Crippen molar-refractivity contribution in [1.82, 2.24) is 4.98 Å². The second kappa shape index (κ2) is 6.40. The zero-order valence-electron chi connectivity index (χ0n) is 13.0. The third-order valence-electron chi connectivity index (χ3n) is 3.71. The monoisotopic (exact) mass is 307 g/mol. The fourth-order valence-electron chi connectivity index (χ4n) is 2.49. The lowest BCUT2D eigenvalue weighted by Crippen LogP contribution is -1.93. The topological polar surface area (TPSA) is 51.3 Å². The molecule has 0 atom stereocenters. The molecule has 2 aromatic carbocycles. The molecule has 4 heteroatoms. The van der Waals surface area contributed by atoms with Crippen molar-refractivity contribution in [2.45, 2.75) is 0 Å². The number of aromatic nitrogens is 1. The molecule has 1 heterocycles. The van der Waals surface area contributed by atoms with Crippen LogP contribution in [0.15, 0.2) is 54.7 Å². The number of para-hydroxylation sites is 1. The van der Waals surface area contributed by atoms with Gasteiger partial charge in [-0.3, -0.25) is 4.79 Å². The number of ketones is 1. The summed E-state index contributed by atoms with van der Waals surface area (Å²) in [5, 5.41) is 0.920. The average Bonchev–Trinajstić information content (AvgIpc) is 3.03. The fourth-order valence-corrected chi connectivity index (χ4v) is 2.49. The number of carbonyl (C=O) groups is 1. The van der Waals surface area contributed by atoms with Crippen LogP contribution in [0.1, 0.15) is 15.9 Å². The maximum atomic E-state index is 12.4. The molecular formula is C19H17NO3. The second-order valence-electron chi connectivity index (χ2n) is 5.05. The normalized spacial score (nSPS) is 11.0. The second-order valence-corrected chi connectivity index (χ2v) is 5.05. The highest BCUT2D eigenvalue weighted by molar-refractivity contribution is 6.14. The number of allylic oxidation sites excluding steroid dienone is 1. The smallest absolute Gasteiger partial charge is 0.188 e. The Bertz CT molecular complexity index is 877. The summed E-state index contributed by atoms with van der Waals surface area (Å²) in [7, 11) is 3.19. The molecule has 23 heavy (non-hydrogen) atoms. The van der Waals surface area contributed by atoms with Crippen LogP contribution in [0.3, 0.4) is 0 Å². The Morgan fingerprint density at radius 3 is 2.70 bits per heavy atom. The van der Waals surface area contributed by atoms with Gasteiger partial charge < -0.3 is 14.5 Å². The Morgan fingerprint density at radius 1 is 1.09 bits per heavy atom. The SMILES string of the molecule is COc1ccc(/C=C/C(=O)c2c[nH]c3ccccc23)c(OC)c1. The van der Waals surface area contributed by atoms with Gasteiger partial charge in [0.15, 0.2) is 5.78 Å². The highest BCUT2D eigenvalue weighted by atomic mass is 16.5. The molecular weight excluding hydrogens is 290 g/mol. The van der Waals surface area contributed by atoms with Crippen molar-refractivity contribution in [3.8, 4) is 11.5 Å². The molecule has 0 unspecified atom stereocenters. The molecule has 3 rings (SSSR count). The number of fused-ring (bicyclic) bond motifs is 1. The standard InChI is InChI=1S/C19H17NO3/c1-22-14-9-7-13(19(11-14)23-2)8-10-18(21)16-12-20-17-6-4-3-5-15(16)17/h3-12,20H,1-2H3/b10-8+. The molecule has 116 valence electrons. The number of benzene rings is 2. The Morgan fingerprint density at radius 2 is 1.91 bits per heavy atom. The van der Waals surface area contributed by atoms with E-state index in [1.54, 1.807) is 38.6 Å². The highest BCUT2D eigenvalue weighted by Crippen LogP contribution is 2.26. The Hall–Kier alpha value is -3.01. The van der Waals surface area contributed by atoms with Crippen molar-refractivity contribution in [1.29, 1.82) is 0 Å². The van der Waals surface area contributed by atoms with Crippen LogP contribution in [0.5, 0.6) is 11.5 Å². The number of hydrogen-bond acceptors (Lipinski definition) is 3. The van der Waals surface area contributed by atoms with E-state index in [4.69, 9.17) is 9.47 Å². The molecule has 1 N–H and O–H groups in total. The third-order valence-corrected chi connectivity index (χ3v) is 3.71. The molecule has 3 aromatic rings. The molecule has 4 nitrogen and oxygen atoms in total. The highest BCUT2D eigenvalue weighted by Gasteiger charge is 2.09. The molecule has 0 aliphatic carbocycles. The zero-order chi connectivity index (χ0) is 16.2. The minimum Gasteiger partial charge on any atom is -0.497 e. The van der Waals surface area contributed by atoms with Crippen LogP contribution in [-0.2, 0) is 0 Å². The van der Waals surface area contributed by atoms with Crippen molar-refractivity contribution < 1.29 is 14.3 Å². The summed E-state index contributed by atoms with van der Waals surface area (Å²) in [5.74, 6) is 1.31. The number of aromatic amines is 1. The van der Waals surface area contributed by atoms with E-state index < -0.39 is 0 Å². The first kappa shape index (κ1) is 14.9. The van der Waals surface area contributed by atoms with Gasteiger partial charge in [-0.2, -0.15) is 0 Å². The van der Waals surface area contributed by atoms with E-state index in [9.17, 15) is 4.79 Å². The minimum atomic E-state index is -0.0553. The van der Waals surface area contributed by atoms with Gasteiger partial charge in [-0.1, -0.05) is 18.2 Å². The number of nitrogens with one attached hydrogen (secondary N) is 1. The van der Waals surface area contributed by atoms with E-state index in [-0.39, 0.29) is 5.78 Å². The molecule has 0 saturated heterocycles. The fraction of sp³-hybridized carbons (Fsp3) is 0.105. The lowest BCUT2D eigenvalue weighted by atomic mass is 10.1. The largest absolute Gasteiger partial charge is 0.497 e. The van der Waals surface area contributed by atoms with Crippen LogP contribution in [0.25, 0.3) is 17.0 Å². The number of ether oxygens (including phenoxy) is 2. The first-order chi connectivity index (χ1) is 11.2. The lowest BCUT2D eigenvalue weighted by molar-refractivity contribution is 0.104. The maximum Gasteiger partial charge on any atom is 0.188 e. The first-order valence-electron chi connectivity index (χ1n) is 7.23. The molecule has 0 radical (unpaired) electrons. The molecule has 0 bridgehead atoms. The van der Waals surface area contributed by atoms with E-state index >= 15 is 0 Å². The molecule has 0 amide bonds. The number of hydrogen-bond donors (Lipinski definition) is 1. The number of methoxy groups -OCH3 is 2. The van der Waals surface area contributed by atoms with E-state index in [2.05, 4.69) is 4.98 Å². The molecule has 0 fully saturated rings. The third kappa shape index (κ3) is 2.97. The van der Waals surface area contributed by atoms with E-state index in [1.807, 2.05) is 36.4 Å². The van der Waals surface area contributed by atoms with Gasteiger partial charge in [-0.15, -0.1) is 0 Å². The number of carbonyl (C=O) groups excluding carboxylic acids is 1. The van der Waals surface area contributed by atoms with Crippen molar-refractivity contribution >= 4 is 22.8 Å². The zero-order valence-corrected chi connectivity index (χ0v) is 13.0. The van der Waals surface area contributed by atoms with Crippen LogP contribution in [0.4, 0.5) is 0 Å². The van der Waals surface area contributed by atoms with Crippen LogP contribution in [-0.4, -0.2) is 25.0 Å². The van der Waals surface area contributed by atoms with Crippen molar-refractivity contribution in [3.05, 3.63) is 65.9 Å². The Balaban J connectivity index is 1.89. The predicted molar refractivity (Wildman–Crippen MR) is 91.2 cm³/mol. The van der Waals surface area contributed by atoms with Gasteiger partial charge in [0.05, 0.1) is 14.2 Å². The van der Waals surface area contributed by atoms with Gasteiger partial charge in [-0.25, -0.2) is 0 Å². The molecule has 0 aliphatic heterocycles. The summed E-state index contributed by atoms with van der Waals surface area (Å²) in [5.41, 5.74) is 2.43. The summed E-state index contributed by atoms with van der Waals surface area (Å²) in [6.45, 7) is 0. The van der Waals surface area contributed by atoms with Crippen molar-refractivity contribution in [2.24, 2.45) is 0 Å².